The Labute approximate surface area is 103 Å². The Balaban J connectivity index is 1.78. The first-order valence-electron chi connectivity index (χ1n) is 5.97. The van der Waals surface area contributed by atoms with Gasteiger partial charge in [-0.1, -0.05) is 6.42 Å². The first-order chi connectivity index (χ1) is 7.58. The lowest BCUT2D eigenvalue weighted by atomic mass is 9.85. The Morgan fingerprint density at radius 3 is 2.38 bits per heavy atom. The zero-order valence-electron chi connectivity index (χ0n) is 9.36. The average molecular weight is 267 g/mol. The van der Waals surface area contributed by atoms with Gasteiger partial charge in [-0.3, -0.25) is 0 Å². The van der Waals surface area contributed by atoms with Crippen LogP contribution in [0, 0.1) is 5.92 Å². The second kappa shape index (κ2) is 5.21. The zero-order valence-corrected chi connectivity index (χ0v) is 10.9. The average Bonchev–Trinajstić information content (AvgIpc) is 2.24. The molecule has 0 unspecified atom stereocenters. The van der Waals surface area contributed by atoms with Crippen molar-refractivity contribution in [3.05, 3.63) is 0 Å². The minimum absolute atomic E-state index is 0.254. The second-order valence-corrected chi connectivity index (χ2v) is 7.12. The van der Waals surface area contributed by atoms with Crippen molar-refractivity contribution in [1.82, 2.24) is 9.03 Å². The second-order valence-electron chi connectivity index (χ2n) is 4.75. The molecule has 0 bridgehead atoms. The molecule has 6 heteroatoms. The van der Waals surface area contributed by atoms with E-state index in [0.717, 1.165) is 32.1 Å². The highest BCUT2D eigenvalue weighted by molar-refractivity contribution is 7.87. The Kier molecular flexibility index (Phi) is 4.11. The third-order valence-electron chi connectivity index (χ3n) is 3.39. The summed E-state index contributed by atoms with van der Waals surface area (Å²) in [6.45, 7) is 1.87. The van der Waals surface area contributed by atoms with Crippen LogP contribution in [0.5, 0.6) is 0 Å². The van der Waals surface area contributed by atoms with Crippen LogP contribution >= 0.6 is 11.6 Å². The van der Waals surface area contributed by atoms with E-state index in [0.29, 0.717) is 25.6 Å². The van der Waals surface area contributed by atoms with E-state index in [2.05, 4.69) is 4.72 Å². The third kappa shape index (κ3) is 3.09. The Morgan fingerprint density at radius 2 is 1.81 bits per heavy atom. The van der Waals surface area contributed by atoms with Crippen LogP contribution in [-0.4, -0.2) is 37.7 Å². The van der Waals surface area contributed by atoms with Crippen molar-refractivity contribution in [2.75, 3.05) is 19.6 Å². The van der Waals surface area contributed by atoms with Crippen LogP contribution in [-0.2, 0) is 10.2 Å². The van der Waals surface area contributed by atoms with Gasteiger partial charge in [0.15, 0.2) is 0 Å². The summed E-state index contributed by atoms with van der Waals surface area (Å²) in [6, 6.07) is 0. The highest BCUT2D eigenvalue weighted by atomic mass is 35.5. The Bertz CT molecular complexity index is 322. The summed E-state index contributed by atoms with van der Waals surface area (Å²) >= 11 is 5.85. The summed E-state index contributed by atoms with van der Waals surface area (Å²) in [5.41, 5.74) is 0. The van der Waals surface area contributed by atoms with Gasteiger partial charge in [0.05, 0.1) is 0 Å². The summed E-state index contributed by atoms with van der Waals surface area (Å²) in [7, 11) is -3.23. The predicted molar refractivity (Wildman–Crippen MR) is 64.7 cm³/mol. The lowest BCUT2D eigenvalue weighted by molar-refractivity contribution is 0.310. The summed E-state index contributed by atoms with van der Waals surface area (Å²) in [4.78, 5) is 0. The quantitative estimate of drug-likeness (QED) is 0.781. The number of halogens is 1. The number of hydrogen-bond donors (Lipinski definition) is 1. The summed E-state index contributed by atoms with van der Waals surface area (Å²) in [5, 5.41) is 0.254. The largest absolute Gasteiger partial charge is 0.279 e. The summed E-state index contributed by atoms with van der Waals surface area (Å²) in [5.74, 6) is 0.432. The lowest BCUT2D eigenvalue weighted by Gasteiger charge is -2.32. The van der Waals surface area contributed by atoms with Crippen LogP contribution < -0.4 is 4.72 Å². The van der Waals surface area contributed by atoms with Crippen LogP contribution in [0.3, 0.4) is 0 Å². The van der Waals surface area contributed by atoms with E-state index in [1.807, 2.05) is 0 Å². The number of rotatable bonds is 4. The molecule has 0 aromatic rings. The van der Waals surface area contributed by atoms with E-state index >= 15 is 0 Å². The number of alkyl halides is 1. The minimum atomic E-state index is -3.23. The number of nitrogens with one attached hydrogen (secondary N) is 1. The molecule has 0 atom stereocenters. The molecule has 2 rings (SSSR count). The van der Waals surface area contributed by atoms with Gasteiger partial charge >= 0.3 is 0 Å². The Hall–Kier alpha value is 0.160. The molecule has 1 aliphatic heterocycles. The van der Waals surface area contributed by atoms with Crippen molar-refractivity contribution in [3.8, 4) is 0 Å². The first-order valence-corrected chi connectivity index (χ1v) is 7.84. The molecule has 0 aromatic heterocycles. The molecule has 1 aliphatic carbocycles. The van der Waals surface area contributed by atoms with E-state index < -0.39 is 10.2 Å². The van der Waals surface area contributed by atoms with Crippen LogP contribution in [0.2, 0.25) is 0 Å². The van der Waals surface area contributed by atoms with E-state index in [1.54, 1.807) is 4.31 Å². The van der Waals surface area contributed by atoms with Gasteiger partial charge in [-0.05, 0) is 31.6 Å². The number of nitrogens with zero attached hydrogens (tertiary/aromatic N) is 1. The van der Waals surface area contributed by atoms with Crippen LogP contribution in [0.15, 0.2) is 0 Å². The fraction of sp³-hybridized carbons (Fsp3) is 1.00. The molecule has 1 saturated carbocycles. The maximum Gasteiger partial charge on any atom is 0.279 e. The topological polar surface area (TPSA) is 49.4 Å². The lowest BCUT2D eigenvalue weighted by Crippen LogP contribution is -2.46. The van der Waals surface area contributed by atoms with Crippen molar-refractivity contribution < 1.29 is 8.42 Å². The van der Waals surface area contributed by atoms with Gasteiger partial charge in [0.25, 0.3) is 10.2 Å². The molecular formula is C10H19ClN2O2S. The predicted octanol–water partition coefficient (Wildman–Crippen LogP) is 1.32. The van der Waals surface area contributed by atoms with Gasteiger partial charge in [-0.2, -0.15) is 12.7 Å². The van der Waals surface area contributed by atoms with Crippen LogP contribution in [0.1, 0.15) is 32.1 Å². The normalized spacial score (nSPS) is 32.3. The van der Waals surface area contributed by atoms with Crippen molar-refractivity contribution in [1.29, 1.82) is 0 Å². The maximum atomic E-state index is 11.9. The SMILES string of the molecule is O=S(=O)(NCC1CC(Cl)C1)N1CCCCC1. The Morgan fingerprint density at radius 1 is 1.19 bits per heavy atom. The summed E-state index contributed by atoms with van der Waals surface area (Å²) < 4.78 is 28.0. The molecule has 1 heterocycles. The van der Waals surface area contributed by atoms with Crippen molar-refractivity contribution in [3.63, 3.8) is 0 Å². The number of hydrogen-bond acceptors (Lipinski definition) is 2. The molecule has 1 saturated heterocycles. The van der Waals surface area contributed by atoms with E-state index in [4.69, 9.17) is 11.6 Å². The highest BCUT2D eigenvalue weighted by Gasteiger charge is 2.30. The first kappa shape index (κ1) is 12.6. The molecule has 0 radical (unpaired) electrons. The fourth-order valence-corrected chi connectivity index (χ4v) is 4.11. The van der Waals surface area contributed by atoms with Crippen molar-refractivity contribution >= 4 is 21.8 Å². The fourth-order valence-electron chi connectivity index (χ4n) is 2.24. The van der Waals surface area contributed by atoms with Gasteiger partial charge in [-0.25, -0.2) is 4.72 Å². The standard InChI is InChI=1S/C10H19ClN2O2S/c11-10-6-9(7-10)8-12-16(14,15)13-4-2-1-3-5-13/h9-10,12H,1-8H2. The molecule has 2 fully saturated rings. The third-order valence-corrected chi connectivity index (χ3v) is 5.32. The van der Waals surface area contributed by atoms with Crippen LogP contribution in [0.4, 0.5) is 0 Å². The van der Waals surface area contributed by atoms with Crippen molar-refractivity contribution in [2.24, 2.45) is 5.92 Å². The maximum absolute atomic E-state index is 11.9. The molecular weight excluding hydrogens is 248 g/mol. The smallest absolute Gasteiger partial charge is 0.202 e. The molecule has 0 amide bonds. The molecule has 0 aromatic carbocycles. The van der Waals surface area contributed by atoms with Gasteiger partial charge in [0.1, 0.15) is 0 Å². The van der Waals surface area contributed by atoms with Gasteiger partial charge in [-0.15, -0.1) is 11.6 Å². The van der Waals surface area contributed by atoms with E-state index in [-0.39, 0.29) is 5.38 Å². The molecule has 1 N–H and O–H groups in total. The number of piperidine rings is 1. The van der Waals surface area contributed by atoms with Gasteiger partial charge in [0, 0.05) is 25.0 Å². The molecule has 16 heavy (non-hydrogen) atoms. The summed E-state index contributed by atoms with van der Waals surface area (Å²) in [6.07, 6.45) is 4.97. The van der Waals surface area contributed by atoms with E-state index in [9.17, 15) is 8.42 Å². The van der Waals surface area contributed by atoms with Crippen molar-refractivity contribution in [2.45, 2.75) is 37.5 Å². The molecule has 4 nitrogen and oxygen atoms in total. The van der Waals surface area contributed by atoms with Gasteiger partial charge < -0.3 is 0 Å². The zero-order chi connectivity index (χ0) is 11.6. The molecule has 0 spiro atoms. The van der Waals surface area contributed by atoms with E-state index in [1.165, 1.54) is 0 Å². The molecule has 94 valence electrons. The molecule has 2 aliphatic rings. The van der Waals surface area contributed by atoms with Gasteiger partial charge in [0.2, 0.25) is 0 Å². The van der Waals surface area contributed by atoms with Crippen LogP contribution in [0.25, 0.3) is 0 Å². The monoisotopic (exact) mass is 266 g/mol. The highest BCUT2D eigenvalue weighted by Crippen LogP contribution is 2.31. The minimum Gasteiger partial charge on any atom is -0.202 e.